The summed E-state index contributed by atoms with van der Waals surface area (Å²) in [5.41, 5.74) is -0.459. The Labute approximate surface area is 221 Å². The van der Waals surface area contributed by atoms with Crippen LogP contribution in [0.3, 0.4) is 0 Å². The molecule has 2 heterocycles. The Morgan fingerprint density at radius 3 is 2.50 bits per heavy atom. The van der Waals surface area contributed by atoms with E-state index >= 15 is 0 Å². The molecule has 3 aromatic rings. The van der Waals surface area contributed by atoms with Gasteiger partial charge in [0.15, 0.2) is 0 Å². The van der Waals surface area contributed by atoms with Gasteiger partial charge < -0.3 is 10.4 Å². The van der Waals surface area contributed by atoms with Crippen LogP contribution in [0.25, 0.3) is 10.9 Å². The minimum Gasteiger partial charge on any atom is -0.478 e. The molecule has 1 aliphatic rings. The molecule has 0 spiro atoms. The van der Waals surface area contributed by atoms with Gasteiger partial charge in [-0.3, -0.25) is 25.8 Å². The number of rotatable bonds is 12. The SMILES string of the molecule is Cc1cccc(C)c1S(=O)(=O)NC(CCCCNC1NCCN1)(NC(=O)c1ccc2[nH]ncc2c1)C(=O)O. The zero-order valence-corrected chi connectivity index (χ0v) is 22.1. The Balaban J connectivity index is 1.60. The van der Waals surface area contributed by atoms with Gasteiger partial charge in [0.05, 0.1) is 16.6 Å². The van der Waals surface area contributed by atoms with Gasteiger partial charge in [-0.2, -0.15) is 9.82 Å². The van der Waals surface area contributed by atoms with Crippen LogP contribution in [0.15, 0.2) is 47.5 Å². The number of nitrogens with zero attached hydrogens (tertiary/aromatic N) is 1. The number of carbonyl (C=O) groups is 2. The van der Waals surface area contributed by atoms with Gasteiger partial charge in [-0.1, -0.05) is 18.2 Å². The molecule has 38 heavy (non-hydrogen) atoms. The first-order chi connectivity index (χ1) is 18.1. The molecule has 7 N–H and O–H groups in total. The van der Waals surface area contributed by atoms with E-state index in [2.05, 4.69) is 36.2 Å². The van der Waals surface area contributed by atoms with Crippen molar-refractivity contribution in [1.82, 2.24) is 36.2 Å². The summed E-state index contributed by atoms with van der Waals surface area (Å²) < 4.78 is 29.4. The highest BCUT2D eigenvalue weighted by atomic mass is 32.2. The van der Waals surface area contributed by atoms with Crippen LogP contribution in [-0.4, -0.2) is 67.2 Å². The van der Waals surface area contributed by atoms with Crippen LogP contribution in [0.2, 0.25) is 0 Å². The standard InChI is InChI=1S/C25H33N7O5S/c1-16-6-5-7-17(2)21(16)38(36,37)32-25(23(34)35,10-3-4-11-26-24-27-12-13-28-24)30-22(33)18-8-9-20-19(14-18)15-29-31-20/h5-9,14-15,24,26-28,32H,3-4,10-13H2,1-2H3,(H,29,31)(H,30,33)(H,34,35). The molecule has 1 amide bonds. The van der Waals surface area contributed by atoms with E-state index in [9.17, 15) is 23.1 Å². The maximum atomic E-state index is 13.5. The fraction of sp³-hybridized carbons (Fsp3) is 0.400. The number of carbonyl (C=O) groups excluding carboxylic acids is 1. The lowest BCUT2D eigenvalue weighted by Crippen LogP contribution is -2.65. The van der Waals surface area contributed by atoms with Crippen molar-refractivity contribution in [3.63, 3.8) is 0 Å². The molecule has 204 valence electrons. The topological polar surface area (TPSA) is 177 Å². The fourth-order valence-electron chi connectivity index (χ4n) is 4.61. The third-order valence-electron chi connectivity index (χ3n) is 6.53. The van der Waals surface area contributed by atoms with E-state index < -0.39 is 27.6 Å². The number of carboxylic acid groups (broad SMARTS) is 1. The number of unbranched alkanes of at least 4 members (excludes halogenated alkanes) is 1. The number of aromatic amines is 1. The van der Waals surface area contributed by atoms with Crippen molar-refractivity contribution in [3.8, 4) is 0 Å². The Kier molecular flexibility index (Phi) is 8.43. The number of H-pyrrole nitrogens is 1. The molecule has 1 saturated heterocycles. The average molecular weight is 544 g/mol. The van der Waals surface area contributed by atoms with E-state index in [-0.39, 0.29) is 23.2 Å². The molecule has 12 nitrogen and oxygen atoms in total. The second kappa shape index (κ2) is 11.6. The van der Waals surface area contributed by atoms with Gasteiger partial charge >= 0.3 is 5.97 Å². The summed E-state index contributed by atoms with van der Waals surface area (Å²) in [5.74, 6) is -2.23. The van der Waals surface area contributed by atoms with Gasteiger partial charge in [0, 0.05) is 24.0 Å². The molecule has 4 rings (SSSR count). The summed E-state index contributed by atoms with van der Waals surface area (Å²) in [5, 5.41) is 29.9. The van der Waals surface area contributed by atoms with Crippen molar-refractivity contribution >= 4 is 32.8 Å². The molecular weight excluding hydrogens is 510 g/mol. The summed E-state index contributed by atoms with van der Waals surface area (Å²) in [6, 6.07) is 9.74. The van der Waals surface area contributed by atoms with Crippen molar-refractivity contribution in [2.24, 2.45) is 0 Å². The highest BCUT2D eigenvalue weighted by Crippen LogP contribution is 2.24. The fourth-order valence-corrected chi connectivity index (χ4v) is 6.39. The molecule has 0 bridgehead atoms. The zero-order chi connectivity index (χ0) is 27.3. The molecule has 1 aromatic heterocycles. The Bertz CT molecular complexity index is 1400. The van der Waals surface area contributed by atoms with E-state index in [0.29, 0.717) is 41.4 Å². The molecule has 2 aromatic carbocycles. The van der Waals surface area contributed by atoms with Gasteiger partial charge in [-0.05, 0) is 69.0 Å². The summed E-state index contributed by atoms with van der Waals surface area (Å²) in [7, 11) is -4.33. The number of aryl methyl sites for hydroxylation is 2. The zero-order valence-electron chi connectivity index (χ0n) is 21.3. The van der Waals surface area contributed by atoms with E-state index in [4.69, 9.17) is 0 Å². The van der Waals surface area contributed by atoms with Crippen LogP contribution in [0.1, 0.15) is 40.7 Å². The van der Waals surface area contributed by atoms with Crippen molar-refractivity contribution in [2.45, 2.75) is 50.0 Å². The number of carboxylic acids is 1. The Morgan fingerprint density at radius 1 is 1.11 bits per heavy atom. The smallest absolute Gasteiger partial charge is 0.345 e. The van der Waals surface area contributed by atoms with Gasteiger partial charge in [-0.15, -0.1) is 0 Å². The minimum atomic E-state index is -4.33. The molecule has 0 aliphatic carbocycles. The molecule has 13 heteroatoms. The monoisotopic (exact) mass is 543 g/mol. The van der Waals surface area contributed by atoms with Crippen molar-refractivity contribution in [3.05, 3.63) is 59.3 Å². The predicted molar refractivity (Wildman–Crippen MR) is 142 cm³/mol. The number of aromatic nitrogens is 2. The lowest BCUT2D eigenvalue weighted by atomic mass is 10.0. The van der Waals surface area contributed by atoms with Crippen molar-refractivity contribution < 1.29 is 23.1 Å². The first kappa shape index (κ1) is 27.7. The summed E-state index contributed by atoms with van der Waals surface area (Å²) in [6.45, 7) is 5.53. The summed E-state index contributed by atoms with van der Waals surface area (Å²) in [4.78, 5) is 26.0. The highest BCUT2D eigenvalue weighted by molar-refractivity contribution is 7.89. The number of hydrogen-bond donors (Lipinski definition) is 7. The molecular formula is C25H33N7O5S. The normalized spacial score (nSPS) is 15.9. The molecule has 0 radical (unpaired) electrons. The second-order valence-corrected chi connectivity index (χ2v) is 11.0. The van der Waals surface area contributed by atoms with Crippen LogP contribution in [0, 0.1) is 13.8 Å². The first-order valence-electron chi connectivity index (χ1n) is 12.4. The number of aliphatic carboxylic acids is 1. The van der Waals surface area contributed by atoms with Crippen molar-refractivity contribution in [2.75, 3.05) is 19.6 Å². The third-order valence-corrected chi connectivity index (χ3v) is 8.33. The average Bonchev–Trinajstić information content (AvgIpc) is 3.54. The van der Waals surface area contributed by atoms with Gasteiger partial charge in [-0.25, -0.2) is 13.2 Å². The van der Waals surface area contributed by atoms with E-state index in [1.54, 1.807) is 50.4 Å². The van der Waals surface area contributed by atoms with Crippen LogP contribution in [0.5, 0.6) is 0 Å². The van der Waals surface area contributed by atoms with Gasteiger partial charge in [0.1, 0.15) is 6.29 Å². The lowest BCUT2D eigenvalue weighted by Gasteiger charge is -2.32. The molecule has 1 unspecified atom stereocenters. The summed E-state index contributed by atoms with van der Waals surface area (Å²) in [6.07, 6.45) is 2.22. The van der Waals surface area contributed by atoms with E-state index in [1.165, 1.54) is 6.07 Å². The number of hydrogen-bond acceptors (Lipinski definition) is 8. The predicted octanol–water partition coefficient (Wildman–Crippen LogP) is 0.905. The van der Waals surface area contributed by atoms with E-state index in [0.717, 1.165) is 13.1 Å². The van der Waals surface area contributed by atoms with Gasteiger partial charge in [0.2, 0.25) is 15.7 Å². The Hall–Kier alpha value is -3.36. The minimum absolute atomic E-state index is 0.0141. The van der Waals surface area contributed by atoms with Crippen LogP contribution in [-0.2, 0) is 14.8 Å². The quantitative estimate of drug-likeness (QED) is 0.129. The lowest BCUT2D eigenvalue weighted by molar-refractivity contribution is -0.145. The Morgan fingerprint density at radius 2 is 1.82 bits per heavy atom. The molecule has 1 aliphatic heterocycles. The number of benzene rings is 2. The maximum absolute atomic E-state index is 13.5. The van der Waals surface area contributed by atoms with Gasteiger partial charge in [0.25, 0.3) is 5.91 Å². The van der Waals surface area contributed by atoms with Crippen LogP contribution in [0.4, 0.5) is 0 Å². The first-order valence-corrected chi connectivity index (χ1v) is 13.9. The number of fused-ring (bicyclic) bond motifs is 1. The molecule has 1 atom stereocenters. The third kappa shape index (κ3) is 6.19. The second-order valence-electron chi connectivity index (χ2n) is 9.42. The van der Waals surface area contributed by atoms with E-state index in [1.807, 2.05) is 0 Å². The highest BCUT2D eigenvalue weighted by Gasteiger charge is 2.44. The largest absolute Gasteiger partial charge is 0.478 e. The number of amides is 1. The van der Waals surface area contributed by atoms with Crippen molar-refractivity contribution in [1.29, 1.82) is 0 Å². The molecule has 1 fully saturated rings. The molecule has 0 saturated carbocycles. The van der Waals surface area contributed by atoms with Crippen LogP contribution < -0.4 is 26.0 Å². The summed E-state index contributed by atoms with van der Waals surface area (Å²) >= 11 is 0. The number of sulfonamides is 1. The number of nitrogens with one attached hydrogen (secondary N) is 6. The maximum Gasteiger partial charge on any atom is 0.345 e. The van der Waals surface area contributed by atoms with Crippen LogP contribution >= 0.6 is 0 Å².